The van der Waals surface area contributed by atoms with Crippen LogP contribution in [0.4, 0.5) is 4.79 Å². The lowest BCUT2D eigenvalue weighted by atomic mass is 9.44. The van der Waals surface area contributed by atoms with Gasteiger partial charge in [-0.05, 0) is 121 Å². The zero-order valence-electron chi connectivity index (χ0n) is 32.0. The van der Waals surface area contributed by atoms with Crippen LogP contribution in [0, 0.1) is 52.8 Å². The number of amides is 3. The minimum Gasteiger partial charge on any atom is -0.393 e. The van der Waals surface area contributed by atoms with Gasteiger partial charge in [-0.1, -0.05) is 27.2 Å². The smallest absolute Gasteiger partial charge is 0.314 e. The van der Waals surface area contributed by atoms with Crippen LogP contribution in [0.15, 0.2) is 0 Å². The summed E-state index contributed by atoms with van der Waals surface area (Å²) in [5.41, 5.74) is 6.50. The molecule has 0 spiro atoms. The molecule has 7 unspecified atom stereocenters. The standard InChI is InChI=1S/C38H70N6O5/c1-21(2)41-37(47)40-19-25-13-27(15-28(14-25)43(7)8)29-12-10-11-26(35(29)48-9)20-44-34(33(24(5)45)32(18-39)49-44)36(46)42-31-17-38(6)16-30(22(31)3)23(38)4/h21-35,45H,10-20,39H2,1-9H3,(H,42,46)(H2,40,41,47)/t22-,23?,24-,25?,26?,27?,28?,29?,30-,31-,32-,33-,34-,35?,38+/m0/s1. The second-order valence-electron chi connectivity index (χ2n) is 17.7. The lowest BCUT2D eigenvalue weighted by molar-refractivity contribution is -0.186. The summed E-state index contributed by atoms with van der Waals surface area (Å²) in [5.74, 6) is 2.73. The van der Waals surface area contributed by atoms with Crippen molar-refractivity contribution in [1.82, 2.24) is 25.9 Å². The number of carbonyl (C=O) groups excluding carboxylic acids is 2. The highest BCUT2D eigenvalue weighted by Gasteiger charge is 2.58. The number of nitrogens with one attached hydrogen (secondary N) is 3. The van der Waals surface area contributed by atoms with Gasteiger partial charge >= 0.3 is 6.03 Å². The summed E-state index contributed by atoms with van der Waals surface area (Å²) in [7, 11) is 6.17. The summed E-state index contributed by atoms with van der Waals surface area (Å²) < 4.78 is 6.40. The van der Waals surface area contributed by atoms with Gasteiger partial charge in [0.2, 0.25) is 5.91 Å². The van der Waals surface area contributed by atoms with Gasteiger partial charge in [0.25, 0.3) is 0 Å². The quantitative estimate of drug-likeness (QED) is 0.209. The third-order valence-electron chi connectivity index (χ3n) is 14.0. The number of ether oxygens (including phenoxy) is 1. The number of fused-ring (bicyclic) bond motifs is 2. The fraction of sp³-hybridized carbons (Fsp3) is 0.947. The van der Waals surface area contributed by atoms with Gasteiger partial charge in [0.1, 0.15) is 6.04 Å². The lowest BCUT2D eigenvalue weighted by Crippen LogP contribution is -2.63. The van der Waals surface area contributed by atoms with Crippen LogP contribution in [0.5, 0.6) is 0 Å². The maximum atomic E-state index is 14.3. The molecule has 6 aliphatic rings. The number of hydrogen-bond acceptors (Lipinski definition) is 8. The number of methoxy groups -OCH3 is 1. The molecule has 2 bridgehead atoms. The van der Waals surface area contributed by atoms with E-state index >= 15 is 0 Å². The number of nitrogens with zero attached hydrogens (tertiary/aromatic N) is 2. The lowest BCUT2D eigenvalue weighted by Gasteiger charge is -2.62. The van der Waals surface area contributed by atoms with E-state index < -0.39 is 24.2 Å². The Morgan fingerprint density at radius 1 is 1.10 bits per heavy atom. The van der Waals surface area contributed by atoms with Gasteiger partial charge in [-0.3, -0.25) is 9.63 Å². The topological polar surface area (TPSA) is 141 Å². The van der Waals surface area contributed by atoms with Crippen molar-refractivity contribution in [2.24, 2.45) is 58.5 Å². The molecule has 282 valence electrons. The summed E-state index contributed by atoms with van der Waals surface area (Å²) in [4.78, 5) is 35.6. The molecule has 6 fully saturated rings. The van der Waals surface area contributed by atoms with Gasteiger partial charge in [0.15, 0.2) is 0 Å². The van der Waals surface area contributed by atoms with Crippen LogP contribution in [0.25, 0.3) is 0 Å². The van der Waals surface area contributed by atoms with E-state index in [-0.39, 0.29) is 48.0 Å². The zero-order valence-corrected chi connectivity index (χ0v) is 32.0. The Hall–Kier alpha value is -1.50. The Labute approximate surface area is 296 Å². The molecular formula is C38H70N6O5. The minimum absolute atomic E-state index is 0.0265. The van der Waals surface area contributed by atoms with E-state index in [2.05, 4.69) is 55.7 Å². The highest BCUT2D eigenvalue weighted by molar-refractivity contribution is 5.83. The summed E-state index contributed by atoms with van der Waals surface area (Å²) in [6, 6.07) is -0.0313. The van der Waals surface area contributed by atoms with E-state index in [4.69, 9.17) is 15.3 Å². The zero-order chi connectivity index (χ0) is 35.8. The Balaban J connectivity index is 1.30. The number of hydroxylamine groups is 2. The van der Waals surface area contributed by atoms with Crippen molar-refractivity contribution in [3.63, 3.8) is 0 Å². The molecule has 0 radical (unpaired) electrons. The predicted octanol–water partition coefficient (Wildman–Crippen LogP) is 3.60. The fourth-order valence-corrected chi connectivity index (χ4v) is 11.1. The molecule has 0 aromatic heterocycles. The van der Waals surface area contributed by atoms with Gasteiger partial charge < -0.3 is 36.4 Å². The minimum atomic E-state index is -0.736. The second-order valence-corrected chi connectivity index (χ2v) is 17.7. The monoisotopic (exact) mass is 691 g/mol. The van der Waals surface area contributed by atoms with Crippen molar-refractivity contribution in [3.8, 4) is 0 Å². The first-order chi connectivity index (χ1) is 23.2. The van der Waals surface area contributed by atoms with Crippen molar-refractivity contribution in [2.75, 3.05) is 40.8 Å². The molecule has 11 nitrogen and oxygen atoms in total. The van der Waals surface area contributed by atoms with Crippen molar-refractivity contribution >= 4 is 11.9 Å². The number of aliphatic hydroxyl groups is 1. The fourth-order valence-electron chi connectivity index (χ4n) is 11.1. The number of hydrogen-bond donors (Lipinski definition) is 5. The van der Waals surface area contributed by atoms with E-state index in [0.717, 1.165) is 44.9 Å². The summed E-state index contributed by atoms with van der Waals surface area (Å²) in [6.07, 6.45) is 7.55. The SMILES string of the molecule is COC1C(CN2O[C@@H](CN)[C@H]([C@H](C)O)[C@H]2C(=O)N[C@H]2C[C@@]3(C)C[C@H](C3C)[C@@H]2C)CCCC1C1CC(CNC(=O)NC(C)C)CC(N(C)C)C1. The number of aliphatic hydroxyl groups excluding tert-OH is 1. The van der Waals surface area contributed by atoms with Crippen molar-refractivity contribution in [3.05, 3.63) is 0 Å². The van der Waals surface area contributed by atoms with Crippen molar-refractivity contribution < 1.29 is 24.3 Å². The highest BCUT2D eigenvalue weighted by Crippen LogP contribution is 2.61. The average Bonchev–Trinajstić information content (AvgIpc) is 3.43. The summed E-state index contributed by atoms with van der Waals surface area (Å²) in [6.45, 7) is 14.2. The maximum Gasteiger partial charge on any atom is 0.314 e. The van der Waals surface area contributed by atoms with Gasteiger partial charge in [-0.25, -0.2) is 4.79 Å². The van der Waals surface area contributed by atoms with Gasteiger partial charge in [-0.15, -0.1) is 0 Å². The van der Waals surface area contributed by atoms with Crippen molar-refractivity contribution in [2.45, 2.75) is 135 Å². The molecule has 15 atom stereocenters. The number of nitrogens with two attached hydrogens (primary N) is 1. The largest absolute Gasteiger partial charge is 0.393 e. The van der Waals surface area contributed by atoms with E-state index in [1.54, 1.807) is 6.92 Å². The highest BCUT2D eigenvalue weighted by atomic mass is 16.7. The van der Waals surface area contributed by atoms with E-state index in [0.29, 0.717) is 54.6 Å². The van der Waals surface area contributed by atoms with Crippen LogP contribution < -0.4 is 21.7 Å². The van der Waals surface area contributed by atoms with E-state index in [1.165, 1.54) is 6.42 Å². The summed E-state index contributed by atoms with van der Waals surface area (Å²) >= 11 is 0. The third-order valence-corrected chi connectivity index (χ3v) is 14.0. The third kappa shape index (κ3) is 8.27. The van der Waals surface area contributed by atoms with Gasteiger partial charge in [-0.2, -0.15) is 5.06 Å². The molecule has 6 rings (SSSR count). The Morgan fingerprint density at radius 3 is 2.45 bits per heavy atom. The Morgan fingerprint density at radius 2 is 1.84 bits per heavy atom. The first-order valence-electron chi connectivity index (χ1n) is 19.5. The molecule has 1 aliphatic heterocycles. The predicted molar refractivity (Wildman–Crippen MR) is 192 cm³/mol. The van der Waals surface area contributed by atoms with Crippen LogP contribution in [0.2, 0.25) is 0 Å². The van der Waals surface area contributed by atoms with Crippen LogP contribution >= 0.6 is 0 Å². The van der Waals surface area contributed by atoms with Crippen LogP contribution in [0.3, 0.4) is 0 Å². The Kier molecular flexibility index (Phi) is 12.7. The van der Waals surface area contributed by atoms with Crippen LogP contribution in [-0.4, -0.2) is 110 Å². The first-order valence-corrected chi connectivity index (χ1v) is 19.5. The molecule has 5 aliphatic carbocycles. The number of urea groups is 1. The molecule has 49 heavy (non-hydrogen) atoms. The van der Waals surface area contributed by atoms with Crippen LogP contribution in [-0.2, 0) is 14.4 Å². The molecule has 0 aromatic rings. The molecule has 3 amide bonds. The summed E-state index contributed by atoms with van der Waals surface area (Å²) in [5, 5.41) is 22.4. The molecule has 0 aromatic carbocycles. The van der Waals surface area contributed by atoms with Gasteiger partial charge in [0.05, 0.1) is 18.3 Å². The Bertz CT molecular complexity index is 1120. The van der Waals surface area contributed by atoms with Crippen molar-refractivity contribution in [1.29, 1.82) is 0 Å². The molecule has 1 heterocycles. The second kappa shape index (κ2) is 16.0. The van der Waals surface area contributed by atoms with E-state index in [9.17, 15) is 14.7 Å². The van der Waals surface area contributed by atoms with E-state index in [1.807, 2.05) is 26.0 Å². The molecule has 5 saturated carbocycles. The molecule has 11 heteroatoms. The van der Waals surface area contributed by atoms with Crippen LogP contribution in [0.1, 0.15) is 92.9 Å². The molecular weight excluding hydrogens is 620 g/mol. The average molecular weight is 691 g/mol. The maximum absolute atomic E-state index is 14.3. The molecule has 1 saturated heterocycles. The first kappa shape index (κ1) is 38.7. The number of rotatable bonds is 12. The number of carbonyl (C=O) groups is 2. The van der Waals surface area contributed by atoms with Gasteiger partial charge in [0, 0.05) is 56.7 Å². The normalized spacial score (nSPS) is 43.2. The molecule has 6 N–H and O–H groups in total.